The Morgan fingerprint density at radius 2 is 1.93 bits per heavy atom. The fourth-order valence-corrected chi connectivity index (χ4v) is 3.76. The molecular formula is C21H18N4O3S. The summed E-state index contributed by atoms with van der Waals surface area (Å²) in [6, 6.07) is 12.6. The molecule has 0 atom stereocenters. The van der Waals surface area contributed by atoms with E-state index in [9.17, 15) is 14.4 Å². The molecule has 2 aromatic carbocycles. The zero-order valence-corrected chi connectivity index (χ0v) is 16.7. The number of aryl methyl sites for hydroxylation is 1. The summed E-state index contributed by atoms with van der Waals surface area (Å²) >= 11 is 1.33. The maximum Gasteiger partial charge on any atom is 0.328 e. The summed E-state index contributed by atoms with van der Waals surface area (Å²) in [5, 5.41) is 5.48. The topological polar surface area (TPSA) is 96.8 Å². The van der Waals surface area contributed by atoms with Gasteiger partial charge in [0.1, 0.15) is 0 Å². The van der Waals surface area contributed by atoms with Crippen molar-refractivity contribution in [3.05, 3.63) is 79.8 Å². The molecular weight excluding hydrogens is 388 g/mol. The van der Waals surface area contributed by atoms with E-state index in [4.69, 9.17) is 0 Å². The van der Waals surface area contributed by atoms with E-state index in [1.54, 1.807) is 19.1 Å². The third-order valence-electron chi connectivity index (χ3n) is 4.63. The van der Waals surface area contributed by atoms with Crippen molar-refractivity contribution in [2.45, 2.75) is 20.4 Å². The largest absolute Gasteiger partial charge is 0.328 e. The highest BCUT2D eigenvalue weighted by Gasteiger charge is 2.13. The SMILES string of the molecule is CCn1c(=O)[nH]c2cc(C(=O)Nc3nc(-c4ccc(C)cc4)cs3)ccc2c1=O. The van der Waals surface area contributed by atoms with E-state index in [1.165, 1.54) is 17.4 Å². The maximum atomic E-state index is 12.6. The van der Waals surface area contributed by atoms with E-state index in [0.29, 0.717) is 21.6 Å². The number of aromatic nitrogens is 3. The van der Waals surface area contributed by atoms with Gasteiger partial charge in [-0.1, -0.05) is 29.8 Å². The lowest BCUT2D eigenvalue weighted by Crippen LogP contribution is -2.34. The fourth-order valence-electron chi connectivity index (χ4n) is 3.04. The number of hydrogen-bond acceptors (Lipinski definition) is 5. The van der Waals surface area contributed by atoms with Crippen LogP contribution in [0.15, 0.2) is 57.4 Å². The number of rotatable bonds is 4. The quantitative estimate of drug-likeness (QED) is 0.543. The molecule has 0 spiro atoms. The molecule has 4 aromatic rings. The molecule has 29 heavy (non-hydrogen) atoms. The van der Waals surface area contributed by atoms with Crippen LogP contribution in [0.1, 0.15) is 22.8 Å². The third kappa shape index (κ3) is 3.62. The minimum atomic E-state index is -0.495. The van der Waals surface area contributed by atoms with Crippen molar-refractivity contribution in [3.8, 4) is 11.3 Å². The number of fused-ring (bicyclic) bond motifs is 1. The van der Waals surface area contributed by atoms with Crippen LogP contribution in [-0.2, 0) is 6.54 Å². The van der Waals surface area contributed by atoms with Gasteiger partial charge in [-0.2, -0.15) is 0 Å². The van der Waals surface area contributed by atoms with Gasteiger partial charge in [-0.15, -0.1) is 11.3 Å². The molecule has 0 fully saturated rings. The number of aromatic amines is 1. The van der Waals surface area contributed by atoms with Crippen LogP contribution in [0.2, 0.25) is 0 Å². The molecule has 146 valence electrons. The van der Waals surface area contributed by atoms with Gasteiger partial charge in [0.2, 0.25) is 0 Å². The normalized spacial score (nSPS) is 11.0. The molecule has 0 bridgehead atoms. The van der Waals surface area contributed by atoms with E-state index in [-0.39, 0.29) is 18.0 Å². The standard InChI is InChI=1S/C21H18N4O3S/c1-3-25-19(27)15-9-8-14(10-16(15)23-21(25)28)18(26)24-20-22-17(11-29-20)13-6-4-12(2)5-7-13/h4-11H,3H2,1-2H3,(H,23,28)(H,22,24,26). The molecule has 0 aliphatic rings. The molecule has 0 saturated heterocycles. The van der Waals surface area contributed by atoms with Gasteiger partial charge < -0.3 is 4.98 Å². The Hall–Kier alpha value is -3.52. The Bertz CT molecular complexity index is 1330. The van der Waals surface area contributed by atoms with Gasteiger partial charge in [-0.25, -0.2) is 9.78 Å². The molecule has 0 aliphatic heterocycles. The number of nitrogens with one attached hydrogen (secondary N) is 2. The minimum absolute atomic E-state index is 0.277. The fraction of sp³-hybridized carbons (Fsp3) is 0.143. The zero-order chi connectivity index (χ0) is 20.5. The molecule has 0 unspecified atom stereocenters. The zero-order valence-electron chi connectivity index (χ0n) is 15.9. The number of H-pyrrole nitrogens is 1. The number of carbonyl (C=O) groups is 1. The van der Waals surface area contributed by atoms with Crippen LogP contribution in [-0.4, -0.2) is 20.4 Å². The minimum Gasteiger partial charge on any atom is -0.307 e. The molecule has 2 N–H and O–H groups in total. The van der Waals surface area contributed by atoms with Crippen molar-refractivity contribution >= 4 is 33.3 Å². The van der Waals surface area contributed by atoms with E-state index in [2.05, 4.69) is 15.3 Å². The summed E-state index contributed by atoms with van der Waals surface area (Å²) in [4.78, 5) is 44.1. The Balaban J connectivity index is 1.60. The summed E-state index contributed by atoms with van der Waals surface area (Å²) in [6.07, 6.45) is 0. The Morgan fingerprint density at radius 1 is 1.17 bits per heavy atom. The van der Waals surface area contributed by atoms with Crippen LogP contribution in [0.5, 0.6) is 0 Å². The predicted octanol–water partition coefficient (Wildman–Crippen LogP) is 3.39. The lowest BCUT2D eigenvalue weighted by atomic mass is 10.1. The van der Waals surface area contributed by atoms with Crippen molar-refractivity contribution in [2.24, 2.45) is 0 Å². The molecule has 1 amide bonds. The lowest BCUT2D eigenvalue weighted by molar-refractivity contribution is 0.102. The maximum absolute atomic E-state index is 12.6. The Morgan fingerprint density at radius 3 is 2.66 bits per heavy atom. The number of hydrogen-bond donors (Lipinski definition) is 2. The summed E-state index contributed by atoms with van der Waals surface area (Å²) in [6.45, 7) is 4.02. The Kier molecular flexibility index (Phi) is 4.85. The van der Waals surface area contributed by atoms with Gasteiger partial charge in [-0.3, -0.25) is 19.5 Å². The summed E-state index contributed by atoms with van der Waals surface area (Å²) in [5.74, 6) is -0.364. The first-order valence-electron chi connectivity index (χ1n) is 9.07. The van der Waals surface area contributed by atoms with Gasteiger partial charge in [0.25, 0.3) is 11.5 Å². The van der Waals surface area contributed by atoms with Crippen LogP contribution in [0, 0.1) is 6.92 Å². The van der Waals surface area contributed by atoms with Crippen molar-refractivity contribution in [1.82, 2.24) is 14.5 Å². The summed E-state index contributed by atoms with van der Waals surface area (Å²) in [7, 11) is 0. The van der Waals surface area contributed by atoms with Gasteiger partial charge in [-0.05, 0) is 32.0 Å². The van der Waals surface area contributed by atoms with E-state index < -0.39 is 5.69 Å². The summed E-state index contributed by atoms with van der Waals surface area (Å²) in [5.41, 5.74) is 2.71. The Labute approximate surface area is 169 Å². The van der Waals surface area contributed by atoms with Crippen molar-refractivity contribution in [3.63, 3.8) is 0 Å². The number of anilines is 1. The van der Waals surface area contributed by atoms with E-state index in [1.807, 2.05) is 36.6 Å². The smallest absolute Gasteiger partial charge is 0.307 e. The molecule has 0 saturated carbocycles. The molecule has 0 radical (unpaired) electrons. The highest BCUT2D eigenvalue weighted by Crippen LogP contribution is 2.25. The first-order chi connectivity index (χ1) is 14.0. The first-order valence-corrected chi connectivity index (χ1v) is 9.95. The van der Waals surface area contributed by atoms with Gasteiger partial charge in [0.05, 0.1) is 16.6 Å². The number of nitrogens with zero attached hydrogens (tertiary/aromatic N) is 2. The average molecular weight is 406 g/mol. The van der Waals surface area contributed by atoms with Crippen LogP contribution >= 0.6 is 11.3 Å². The highest BCUT2D eigenvalue weighted by atomic mass is 32.1. The second-order valence-electron chi connectivity index (χ2n) is 6.60. The van der Waals surface area contributed by atoms with Crippen LogP contribution in [0.25, 0.3) is 22.2 Å². The van der Waals surface area contributed by atoms with E-state index >= 15 is 0 Å². The van der Waals surface area contributed by atoms with Gasteiger partial charge in [0, 0.05) is 23.1 Å². The van der Waals surface area contributed by atoms with Crippen molar-refractivity contribution in [1.29, 1.82) is 0 Å². The van der Waals surface area contributed by atoms with Gasteiger partial charge >= 0.3 is 5.69 Å². The second kappa shape index (κ2) is 7.48. The number of carbonyl (C=O) groups excluding carboxylic acids is 1. The number of benzene rings is 2. The number of thiazole rings is 1. The monoisotopic (exact) mass is 406 g/mol. The van der Waals surface area contributed by atoms with Gasteiger partial charge in [0.15, 0.2) is 5.13 Å². The first kappa shape index (κ1) is 18.8. The summed E-state index contributed by atoms with van der Waals surface area (Å²) < 4.78 is 1.12. The molecule has 8 heteroatoms. The molecule has 4 rings (SSSR count). The third-order valence-corrected chi connectivity index (χ3v) is 5.39. The average Bonchev–Trinajstić information content (AvgIpc) is 3.16. The van der Waals surface area contributed by atoms with E-state index in [0.717, 1.165) is 21.4 Å². The van der Waals surface area contributed by atoms with Crippen LogP contribution < -0.4 is 16.6 Å². The van der Waals surface area contributed by atoms with Crippen molar-refractivity contribution in [2.75, 3.05) is 5.32 Å². The van der Waals surface area contributed by atoms with Crippen LogP contribution in [0.3, 0.4) is 0 Å². The van der Waals surface area contributed by atoms with Crippen molar-refractivity contribution < 1.29 is 4.79 Å². The lowest BCUT2D eigenvalue weighted by Gasteiger charge is -2.06. The molecule has 2 aromatic heterocycles. The number of amides is 1. The molecule has 7 nitrogen and oxygen atoms in total. The second-order valence-corrected chi connectivity index (χ2v) is 7.46. The predicted molar refractivity (Wildman–Crippen MR) is 115 cm³/mol. The molecule has 0 aliphatic carbocycles. The molecule has 2 heterocycles. The van der Waals surface area contributed by atoms with Crippen LogP contribution in [0.4, 0.5) is 5.13 Å². The highest BCUT2D eigenvalue weighted by molar-refractivity contribution is 7.14.